The molecular formula is C46H72O17. The molecule has 4 heterocycles. The van der Waals surface area contributed by atoms with E-state index >= 15 is 0 Å². The van der Waals surface area contributed by atoms with Crippen LogP contribution in [-0.2, 0) is 38.0 Å². The van der Waals surface area contributed by atoms with Gasteiger partial charge in [-0.2, -0.15) is 0 Å². The third-order valence-electron chi connectivity index (χ3n) is 19.0. The van der Waals surface area contributed by atoms with Crippen molar-refractivity contribution in [1.82, 2.24) is 0 Å². The van der Waals surface area contributed by atoms with Crippen LogP contribution < -0.4 is 0 Å². The fraction of sp³-hybridized carbons (Fsp3) is 0.935. The first kappa shape index (κ1) is 46.7. The van der Waals surface area contributed by atoms with Gasteiger partial charge < -0.3 is 79.1 Å². The molecule has 4 aliphatic heterocycles. The first-order chi connectivity index (χ1) is 29.4. The number of carbonyl (C=O) groups is 1. The van der Waals surface area contributed by atoms with Gasteiger partial charge in [0.2, 0.25) is 0 Å². The van der Waals surface area contributed by atoms with Crippen LogP contribution in [0, 0.1) is 50.2 Å². The standard InChI is InChI=1S/C46H72O17/c1-41(2)14-21-20-8-9-26-43(5)12-11-28(42(3,4)25(43)10-13-44(26,6)45(20,7)15-27(49)46(21)16-29(41)62-40(46)56)61-38-35(55)33(53)32(52)24(60-38)19-59-39-36(31(51)23(48)18-58-39)63-37-34(54)30(50)22(47)17-57-37/h8,21-39,47-55H,9-19H2,1-7H3/t21-,22+,23+,24+,25-,26+,27+,28-,29-,30-,31+,32+,33-,34+,35+,36-,37-,38-,39+,43-,44+,45+,46+/m0/s1. The Morgan fingerprint density at radius 3 is 2.08 bits per heavy atom. The molecule has 0 aromatic heterocycles. The third-order valence-corrected chi connectivity index (χ3v) is 19.0. The maximum Gasteiger partial charge on any atom is 0.315 e. The highest BCUT2D eigenvalue weighted by molar-refractivity contribution is 5.82. The van der Waals surface area contributed by atoms with E-state index in [0.29, 0.717) is 19.3 Å². The molecular weight excluding hydrogens is 824 g/mol. The molecule has 1 spiro atoms. The van der Waals surface area contributed by atoms with Crippen LogP contribution in [0.4, 0.5) is 0 Å². The Labute approximate surface area is 369 Å². The molecule has 0 amide bonds. The van der Waals surface area contributed by atoms with Crippen molar-refractivity contribution < 1.29 is 83.9 Å². The zero-order valence-corrected chi connectivity index (χ0v) is 37.6. The number of esters is 1. The molecule has 0 radical (unpaired) electrons. The molecule has 9 rings (SSSR count). The first-order valence-electron chi connectivity index (χ1n) is 23.3. The summed E-state index contributed by atoms with van der Waals surface area (Å²) in [6, 6.07) is 0. The fourth-order valence-electron chi connectivity index (χ4n) is 15.0. The second-order valence-electron chi connectivity index (χ2n) is 22.8. The summed E-state index contributed by atoms with van der Waals surface area (Å²) < 4.78 is 41.4. The third kappa shape index (κ3) is 6.83. The maximum absolute atomic E-state index is 13.7. The predicted molar refractivity (Wildman–Crippen MR) is 218 cm³/mol. The van der Waals surface area contributed by atoms with E-state index in [9.17, 15) is 50.8 Å². The van der Waals surface area contributed by atoms with E-state index in [1.165, 1.54) is 5.57 Å². The summed E-state index contributed by atoms with van der Waals surface area (Å²) in [5.74, 6) is 0.186. The van der Waals surface area contributed by atoms with Crippen LogP contribution in [0.1, 0.15) is 99.8 Å². The minimum Gasteiger partial charge on any atom is -0.461 e. The zero-order valence-electron chi connectivity index (χ0n) is 37.6. The molecule has 0 aromatic rings. The number of hydrogen-bond donors (Lipinski definition) is 9. The molecule has 2 bridgehead atoms. The molecule has 8 fully saturated rings. The summed E-state index contributed by atoms with van der Waals surface area (Å²) in [5, 5.41) is 97.2. The lowest BCUT2D eigenvalue weighted by Gasteiger charge is -2.71. The molecule has 5 aliphatic carbocycles. The highest BCUT2D eigenvalue weighted by atomic mass is 16.8. The largest absolute Gasteiger partial charge is 0.461 e. The Morgan fingerprint density at radius 2 is 1.37 bits per heavy atom. The number of aliphatic hydroxyl groups is 9. The van der Waals surface area contributed by atoms with Crippen LogP contribution in [-0.4, -0.2) is 170 Å². The Kier molecular flexibility index (Phi) is 11.7. The number of fused-ring (bicyclic) bond motifs is 7. The Hall–Kier alpha value is -1.39. The van der Waals surface area contributed by atoms with E-state index in [1.54, 1.807) is 0 Å². The molecule has 9 aliphatic rings. The van der Waals surface area contributed by atoms with Gasteiger partial charge in [-0.3, -0.25) is 4.79 Å². The highest BCUT2D eigenvalue weighted by Crippen LogP contribution is 2.76. The van der Waals surface area contributed by atoms with Gasteiger partial charge in [-0.15, -0.1) is 0 Å². The van der Waals surface area contributed by atoms with Crippen molar-refractivity contribution in [2.75, 3.05) is 19.8 Å². The number of hydrogen-bond acceptors (Lipinski definition) is 17. The number of carbonyl (C=O) groups excluding carboxylic acids is 1. The normalized spacial score (nSPS) is 56.0. The zero-order chi connectivity index (χ0) is 45.6. The Bertz CT molecular complexity index is 1780. The molecule has 9 N–H and O–H groups in total. The summed E-state index contributed by atoms with van der Waals surface area (Å²) in [7, 11) is 0. The van der Waals surface area contributed by atoms with Gasteiger partial charge in [0.05, 0.1) is 32.0 Å². The number of allylic oxidation sites excluding steroid dienone is 2. The van der Waals surface area contributed by atoms with Gasteiger partial charge in [0, 0.05) is 11.8 Å². The minimum absolute atomic E-state index is 0.0677. The Balaban J connectivity index is 0.896. The van der Waals surface area contributed by atoms with E-state index in [1.807, 2.05) is 0 Å². The van der Waals surface area contributed by atoms with E-state index in [2.05, 4.69) is 54.5 Å². The van der Waals surface area contributed by atoms with E-state index in [-0.39, 0.29) is 64.7 Å². The van der Waals surface area contributed by atoms with Gasteiger partial charge >= 0.3 is 5.97 Å². The van der Waals surface area contributed by atoms with Crippen LogP contribution in [0.2, 0.25) is 0 Å². The molecule has 4 saturated heterocycles. The maximum atomic E-state index is 13.7. The van der Waals surface area contributed by atoms with Crippen LogP contribution in [0.5, 0.6) is 0 Å². The van der Waals surface area contributed by atoms with Crippen LogP contribution >= 0.6 is 0 Å². The number of ether oxygens (including phenoxy) is 7. The molecule has 17 nitrogen and oxygen atoms in total. The molecule has 23 atom stereocenters. The van der Waals surface area contributed by atoms with Crippen molar-refractivity contribution >= 4 is 5.97 Å². The van der Waals surface area contributed by atoms with Crippen LogP contribution in [0.15, 0.2) is 11.6 Å². The van der Waals surface area contributed by atoms with Crippen molar-refractivity contribution in [3.63, 3.8) is 0 Å². The summed E-state index contributed by atoms with van der Waals surface area (Å²) in [4.78, 5) is 13.7. The smallest absolute Gasteiger partial charge is 0.315 e. The van der Waals surface area contributed by atoms with Gasteiger partial charge in [0.15, 0.2) is 18.9 Å². The highest BCUT2D eigenvalue weighted by Gasteiger charge is 2.74. The van der Waals surface area contributed by atoms with Crippen molar-refractivity contribution in [3.8, 4) is 0 Å². The average molecular weight is 897 g/mol. The summed E-state index contributed by atoms with van der Waals surface area (Å²) >= 11 is 0. The molecule has 63 heavy (non-hydrogen) atoms. The van der Waals surface area contributed by atoms with Gasteiger partial charge in [-0.1, -0.05) is 60.1 Å². The molecule has 0 unspecified atom stereocenters. The lowest BCUT2D eigenvalue weighted by molar-refractivity contribution is -0.357. The van der Waals surface area contributed by atoms with E-state index in [4.69, 9.17) is 33.2 Å². The number of aliphatic hydroxyl groups excluding tert-OH is 9. The van der Waals surface area contributed by atoms with Crippen molar-refractivity contribution in [3.05, 3.63) is 11.6 Å². The quantitative estimate of drug-likeness (QED) is 0.0952. The fourth-order valence-corrected chi connectivity index (χ4v) is 15.0. The van der Waals surface area contributed by atoms with E-state index in [0.717, 1.165) is 32.1 Å². The van der Waals surface area contributed by atoms with Gasteiger partial charge in [-0.05, 0) is 84.4 Å². The second kappa shape index (κ2) is 15.8. The summed E-state index contributed by atoms with van der Waals surface area (Å²) in [5.41, 5.74) is -0.746. The molecule has 17 heteroatoms. The average Bonchev–Trinajstić information content (AvgIpc) is 3.54. The van der Waals surface area contributed by atoms with Gasteiger partial charge in [0.1, 0.15) is 72.6 Å². The lowest BCUT2D eigenvalue weighted by atomic mass is 9.33. The summed E-state index contributed by atoms with van der Waals surface area (Å²) in [6.07, 6.45) is -12.4. The topological polar surface area (TPSA) is 264 Å². The first-order valence-corrected chi connectivity index (χ1v) is 23.3. The van der Waals surface area contributed by atoms with Gasteiger partial charge in [0.25, 0.3) is 0 Å². The monoisotopic (exact) mass is 896 g/mol. The van der Waals surface area contributed by atoms with Crippen LogP contribution in [0.3, 0.4) is 0 Å². The second-order valence-corrected chi connectivity index (χ2v) is 22.8. The van der Waals surface area contributed by atoms with E-state index < -0.39 is 110 Å². The van der Waals surface area contributed by atoms with Crippen molar-refractivity contribution in [2.24, 2.45) is 50.2 Å². The predicted octanol–water partition coefficient (Wildman–Crippen LogP) is 0.406. The Morgan fingerprint density at radius 1 is 0.698 bits per heavy atom. The minimum atomic E-state index is -1.70. The molecule has 4 saturated carbocycles. The molecule has 358 valence electrons. The van der Waals surface area contributed by atoms with Gasteiger partial charge in [-0.25, -0.2) is 0 Å². The summed E-state index contributed by atoms with van der Waals surface area (Å²) in [6.45, 7) is 14.8. The van der Waals surface area contributed by atoms with Crippen LogP contribution in [0.25, 0.3) is 0 Å². The lowest BCUT2D eigenvalue weighted by Crippen LogP contribution is -2.67. The van der Waals surface area contributed by atoms with Crippen molar-refractivity contribution in [1.29, 1.82) is 0 Å². The number of rotatable bonds is 7. The molecule has 0 aromatic carbocycles. The SMILES string of the molecule is CC1(C)C[C@H]2C3=CC[C@@H]4[C@@]5(C)CC[C@H](O[C@@H]6O[C@H](CO[C@H]7OC[C@@H](O)[C@@H](O)[C@@H]7O[C@@H]7OC[C@@H](O)[C@H](O)[C@H]7O)[C@@H](O)[C@H](O)[C@H]6O)C(C)(C)[C@@H]5CC[C@@]4(C)[C@]3(C)C[C@@H](O)[C@@]23C[C@@H]1OC3=O. The van der Waals surface area contributed by atoms with Crippen molar-refractivity contribution in [2.45, 2.75) is 198 Å².